The summed E-state index contributed by atoms with van der Waals surface area (Å²) in [5.41, 5.74) is 1.47. The maximum Gasteiger partial charge on any atom is 0.332 e. The molecular formula is C17H20N6O2. The molecule has 0 spiro atoms. The lowest BCUT2D eigenvalue weighted by Gasteiger charge is -2.12. The summed E-state index contributed by atoms with van der Waals surface area (Å²) in [7, 11) is 1.58. The highest BCUT2D eigenvalue weighted by Crippen LogP contribution is 2.23. The topological polar surface area (TPSA) is 96.9 Å². The average molecular weight is 340 g/mol. The van der Waals surface area contributed by atoms with E-state index in [1.807, 2.05) is 24.3 Å². The molecule has 0 saturated carbocycles. The molecule has 3 aromatic rings. The second-order valence-corrected chi connectivity index (χ2v) is 6.04. The molecule has 3 N–H and O–H groups in total. The van der Waals surface area contributed by atoms with E-state index in [0.717, 1.165) is 19.5 Å². The van der Waals surface area contributed by atoms with Gasteiger partial charge in [0.15, 0.2) is 5.65 Å². The first kappa shape index (κ1) is 15.6. The number of anilines is 1. The molecule has 8 nitrogen and oxygen atoms in total. The molecule has 0 amide bonds. The minimum atomic E-state index is -0.275. The van der Waals surface area contributed by atoms with Crippen LogP contribution in [0.3, 0.4) is 0 Å². The summed E-state index contributed by atoms with van der Waals surface area (Å²) in [6.45, 7) is 1.81. The van der Waals surface area contributed by atoms with E-state index in [4.69, 9.17) is 4.74 Å². The predicted molar refractivity (Wildman–Crippen MR) is 95.6 cm³/mol. The van der Waals surface area contributed by atoms with Crippen molar-refractivity contribution in [1.29, 1.82) is 0 Å². The molecule has 0 unspecified atom stereocenters. The van der Waals surface area contributed by atoms with Crippen LogP contribution in [-0.2, 0) is 0 Å². The van der Waals surface area contributed by atoms with E-state index in [1.165, 1.54) is 11.0 Å². The van der Waals surface area contributed by atoms with Crippen molar-refractivity contribution in [3.8, 4) is 11.4 Å². The smallest absolute Gasteiger partial charge is 0.332 e. The van der Waals surface area contributed by atoms with Gasteiger partial charge in [-0.3, -0.25) is 0 Å². The van der Waals surface area contributed by atoms with Gasteiger partial charge < -0.3 is 20.4 Å². The number of hydrogen-bond acceptors (Lipinski definition) is 6. The molecule has 1 aromatic carbocycles. The Morgan fingerprint density at radius 3 is 3.08 bits per heavy atom. The number of rotatable bonds is 5. The standard InChI is InChI=1S/C17H20N6O2/c1-25-14-7-3-2-6-13(14)23-15-12(21-17(23)24)10-20-16(22-15)19-9-11-5-4-8-18-11/h2-3,6-7,10-11,18H,4-5,8-9H2,1H3,(H,21,24)(H,19,20,22)/t11-/m1/s1. The summed E-state index contributed by atoms with van der Waals surface area (Å²) < 4.78 is 6.89. The van der Waals surface area contributed by atoms with Crippen LogP contribution in [0.25, 0.3) is 16.9 Å². The molecule has 0 radical (unpaired) electrons. The molecule has 1 aliphatic rings. The van der Waals surface area contributed by atoms with E-state index in [0.29, 0.717) is 34.6 Å². The Balaban J connectivity index is 1.72. The molecule has 0 aliphatic carbocycles. The molecule has 1 aliphatic heterocycles. The summed E-state index contributed by atoms with van der Waals surface area (Å²) >= 11 is 0. The van der Waals surface area contributed by atoms with Gasteiger partial charge in [-0.15, -0.1) is 0 Å². The number of nitrogens with zero attached hydrogens (tertiary/aromatic N) is 3. The lowest BCUT2D eigenvalue weighted by Crippen LogP contribution is -2.29. The molecule has 1 fully saturated rings. The summed E-state index contributed by atoms with van der Waals surface area (Å²) in [6.07, 6.45) is 3.96. The zero-order chi connectivity index (χ0) is 17.2. The summed E-state index contributed by atoms with van der Waals surface area (Å²) in [6, 6.07) is 7.79. The number of imidazole rings is 1. The second-order valence-electron chi connectivity index (χ2n) is 6.04. The third kappa shape index (κ3) is 2.96. The van der Waals surface area contributed by atoms with E-state index >= 15 is 0 Å². The Morgan fingerprint density at radius 1 is 1.40 bits per heavy atom. The maximum atomic E-state index is 12.4. The Morgan fingerprint density at radius 2 is 2.28 bits per heavy atom. The van der Waals surface area contributed by atoms with Crippen LogP contribution < -0.4 is 21.1 Å². The Labute approximate surface area is 144 Å². The normalized spacial score (nSPS) is 17.1. The third-order valence-corrected chi connectivity index (χ3v) is 4.42. The Hall–Kier alpha value is -2.87. The molecule has 2 aromatic heterocycles. The SMILES string of the molecule is COc1ccccc1-n1c(=O)[nH]c2cnc(NC[C@H]3CCCN3)nc21. The number of nitrogens with one attached hydrogen (secondary N) is 3. The van der Waals surface area contributed by atoms with Gasteiger partial charge in [-0.1, -0.05) is 12.1 Å². The largest absolute Gasteiger partial charge is 0.495 e. The van der Waals surface area contributed by atoms with Crippen molar-refractivity contribution in [1.82, 2.24) is 24.8 Å². The second kappa shape index (κ2) is 6.56. The van der Waals surface area contributed by atoms with Crippen molar-refractivity contribution in [3.05, 3.63) is 40.9 Å². The van der Waals surface area contributed by atoms with Crippen LogP contribution in [0.4, 0.5) is 5.95 Å². The van der Waals surface area contributed by atoms with E-state index in [-0.39, 0.29) is 5.69 Å². The predicted octanol–water partition coefficient (Wildman–Crippen LogP) is 1.28. The van der Waals surface area contributed by atoms with Crippen LogP contribution in [0.5, 0.6) is 5.75 Å². The van der Waals surface area contributed by atoms with Gasteiger partial charge in [-0.2, -0.15) is 4.98 Å². The summed E-state index contributed by atoms with van der Waals surface area (Å²) in [4.78, 5) is 24.1. The number of H-pyrrole nitrogens is 1. The highest BCUT2D eigenvalue weighted by atomic mass is 16.5. The van der Waals surface area contributed by atoms with Gasteiger partial charge in [0.1, 0.15) is 11.3 Å². The monoisotopic (exact) mass is 340 g/mol. The lowest BCUT2D eigenvalue weighted by molar-refractivity contribution is 0.413. The molecule has 130 valence electrons. The van der Waals surface area contributed by atoms with Gasteiger partial charge in [-0.05, 0) is 31.5 Å². The number of hydrogen-bond donors (Lipinski definition) is 3. The molecular weight excluding hydrogens is 320 g/mol. The summed E-state index contributed by atoms with van der Waals surface area (Å²) in [5.74, 6) is 1.11. The summed E-state index contributed by atoms with van der Waals surface area (Å²) in [5, 5.41) is 6.67. The van der Waals surface area contributed by atoms with Crippen molar-refractivity contribution in [2.24, 2.45) is 0 Å². The highest BCUT2D eigenvalue weighted by Gasteiger charge is 2.16. The van der Waals surface area contributed by atoms with Crippen LogP contribution in [0.15, 0.2) is 35.3 Å². The van der Waals surface area contributed by atoms with E-state index in [2.05, 4.69) is 25.6 Å². The number of fused-ring (bicyclic) bond motifs is 1. The molecule has 1 saturated heterocycles. The van der Waals surface area contributed by atoms with Gasteiger partial charge in [0.2, 0.25) is 5.95 Å². The van der Waals surface area contributed by atoms with Gasteiger partial charge in [-0.25, -0.2) is 14.3 Å². The molecule has 8 heteroatoms. The first-order valence-corrected chi connectivity index (χ1v) is 8.34. The minimum Gasteiger partial charge on any atom is -0.495 e. The molecule has 25 heavy (non-hydrogen) atoms. The van der Waals surface area contributed by atoms with Gasteiger partial charge in [0.25, 0.3) is 0 Å². The average Bonchev–Trinajstić information content (AvgIpc) is 3.26. The van der Waals surface area contributed by atoms with Crippen LogP contribution >= 0.6 is 0 Å². The van der Waals surface area contributed by atoms with Gasteiger partial charge >= 0.3 is 5.69 Å². The fourth-order valence-electron chi connectivity index (χ4n) is 3.17. The molecule has 0 bridgehead atoms. The quantitative estimate of drug-likeness (QED) is 0.647. The number of aromatic amines is 1. The zero-order valence-corrected chi connectivity index (χ0v) is 14.0. The maximum absolute atomic E-state index is 12.4. The van der Waals surface area contributed by atoms with Crippen LogP contribution in [-0.4, -0.2) is 45.8 Å². The zero-order valence-electron chi connectivity index (χ0n) is 14.0. The number of methoxy groups -OCH3 is 1. The minimum absolute atomic E-state index is 0.275. The van der Waals surface area contributed by atoms with Crippen LogP contribution in [0.1, 0.15) is 12.8 Å². The van der Waals surface area contributed by atoms with Crippen molar-refractivity contribution < 1.29 is 4.74 Å². The van der Waals surface area contributed by atoms with Gasteiger partial charge in [0, 0.05) is 12.6 Å². The lowest BCUT2D eigenvalue weighted by atomic mass is 10.2. The fourth-order valence-corrected chi connectivity index (χ4v) is 3.17. The number of ether oxygens (including phenoxy) is 1. The molecule has 1 atom stereocenters. The number of para-hydroxylation sites is 2. The number of aromatic nitrogens is 4. The molecule has 4 rings (SSSR count). The van der Waals surface area contributed by atoms with Crippen LogP contribution in [0, 0.1) is 0 Å². The first-order chi connectivity index (χ1) is 12.3. The fraction of sp³-hybridized carbons (Fsp3) is 0.353. The molecule has 3 heterocycles. The van der Waals surface area contributed by atoms with Crippen molar-refractivity contribution in [2.45, 2.75) is 18.9 Å². The van der Waals surface area contributed by atoms with Gasteiger partial charge in [0.05, 0.1) is 19.0 Å². The van der Waals surface area contributed by atoms with E-state index in [1.54, 1.807) is 13.3 Å². The highest BCUT2D eigenvalue weighted by molar-refractivity contribution is 5.74. The van der Waals surface area contributed by atoms with E-state index < -0.39 is 0 Å². The van der Waals surface area contributed by atoms with Crippen molar-refractivity contribution in [3.63, 3.8) is 0 Å². The number of benzene rings is 1. The van der Waals surface area contributed by atoms with E-state index in [9.17, 15) is 4.79 Å². The Kier molecular flexibility index (Phi) is 4.10. The third-order valence-electron chi connectivity index (χ3n) is 4.42. The Bertz CT molecular complexity index is 942. The first-order valence-electron chi connectivity index (χ1n) is 8.34. The van der Waals surface area contributed by atoms with Crippen molar-refractivity contribution in [2.75, 3.05) is 25.5 Å². The van der Waals surface area contributed by atoms with Crippen molar-refractivity contribution >= 4 is 17.1 Å². The van der Waals surface area contributed by atoms with Crippen LogP contribution in [0.2, 0.25) is 0 Å².